The zero-order chi connectivity index (χ0) is 18.1. The van der Waals surface area contributed by atoms with Crippen molar-refractivity contribution in [2.75, 3.05) is 31.1 Å². The molecule has 3 heterocycles. The molecule has 1 fully saturated rings. The Morgan fingerprint density at radius 2 is 1.85 bits per heavy atom. The van der Waals surface area contributed by atoms with Crippen molar-refractivity contribution in [2.24, 2.45) is 0 Å². The van der Waals surface area contributed by atoms with E-state index in [1.807, 2.05) is 24.8 Å². The van der Waals surface area contributed by atoms with Crippen molar-refractivity contribution in [3.8, 4) is 11.1 Å². The molecule has 1 aromatic carbocycles. The van der Waals surface area contributed by atoms with Crippen LogP contribution in [-0.4, -0.2) is 47.0 Å². The van der Waals surface area contributed by atoms with Gasteiger partial charge in [-0.05, 0) is 12.5 Å². The summed E-state index contributed by atoms with van der Waals surface area (Å²) in [6, 6.07) is 10.4. The first-order chi connectivity index (χ1) is 12.7. The van der Waals surface area contributed by atoms with Crippen LogP contribution in [-0.2, 0) is 4.79 Å². The molecule has 0 bridgehead atoms. The average Bonchev–Trinajstić information content (AvgIpc) is 3.11. The third kappa shape index (κ3) is 3.05. The summed E-state index contributed by atoms with van der Waals surface area (Å²) < 4.78 is 0. The first-order valence-corrected chi connectivity index (χ1v) is 9.89. The zero-order valence-corrected chi connectivity index (χ0v) is 15.9. The summed E-state index contributed by atoms with van der Waals surface area (Å²) in [6.07, 6.45) is 0.569. The summed E-state index contributed by atoms with van der Waals surface area (Å²) >= 11 is 1.67. The number of anilines is 1. The summed E-state index contributed by atoms with van der Waals surface area (Å²) in [5.41, 5.74) is 2.37. The second-order valence-corrected chi connectivity index (χ2v) is 7.37. The number of hydrogen-bond acceptors (Lipinski definition) is 5. The molecule has 0 unspecified atom stereocenters. The maximum atomic E-state index is 12.0. The van der Waals surface area contributed by atoms with Crippen molar-refractivity contribution in [3.63, 3.8) is 0 Å². The van der Waals surface area contributed by atoms with Crippen molar-refractivity contribution in [2.45, 2.75) is 20.3 Å². The van der Waals surface area contributed by atoms with Gasteiger partial charge in [0.25, 0.3) is 0 Å². The highest BCUT2D eigenvalue weighted by atomic mass is 32.1. The Balaban J connectivity index is 1.73. The lowest BCUT2D eigenvalue weighted by molar-refractivity contribution is -0.131. The number of fused-ring (bicyclic) bond motifs is 1. The van der Waals surface area contributed by atoms with E-state index >= 15 is 0 Å². The van der Waals surface area contributed by atoms with Crippen LogP contribution in [0.25, 0.3) is 21.3 Å². The van der Waals surface area contributed by atoms with Crippen molar-refractivity contribution < 1.29 is 4.79 Å². The minimum atomic E-state index is 0.231. The average molecular weight is 366 g/mol. The first-order valence-electron chi connectivity index (χ1n) is 9.01. The molecule has 0 spiro atoms. The molecular formula is C20H22N4OS. The van der Waals surface area contributed by atoms with E-state index in [2.05, 4.69) is 39.5 Å². The smallest absolute Gasteiger partial charge is 0.222 e. The number of amides is 1. The summed E-state index contributed by atoms with van der Waals surface area (Å²) in [4.78, 5) is 26.7. The number of nitrogens with zero attached hydrogens (tertiary/aromatic N) is 4. The van der Waals surface area contributed by atoms with Gasteiger partial charge in [0.2, 0.25) is 5.91 Å². The maximum Gasteiger partial charge on any atom is 0.222 e. The summed E-state index contributed by atoms with van der Waals surface area (Å²) in [5.74, 6) is 2.02. The highest BCUT2D eigenvalue weighted by molar-refractivity contribution is 7.17. The van der Waals surface area contributed by atoms with E-state index in [1.54, 1.807) is 11.3 Å². The Morgan fingerprint density at radius 3 is 2.54 bits per heavy atom. The molecule has 4 rings (SSSR count). The molecule has 134 valence electrons. The van der Waals surface area contributed by atoms with Crippen LogP contribution in [0.1, 0.15) is 19.2 Å². The van der Waals surface area contributed by atoms with Crippen molar-refractivity contribution in [1.82, 2.24) is 14.9 Å². The van der Waals surface area contributed by atoms with Gasteiger partial charge in [-0.15, -0.1) is 11.3 Å². The summed E-state index contributed by atoms with van der Waals surface area (Å²) in [5, 5.41) is 3.30. The van der Waals surface area contributed by atoms with E-state index in [4.69, 9.17) is 4.98 Å². The number of carbonyl (C=O) groups excluding carboxylic acids is 1. The summed E-state index contributed by atoms with van der Waals surface area (Å²) in [6.45, 7) is 6.98. The molecule has 6 heteroatoms. The molecule has 0 saturated carbocycles. The normalized spacial score (nSPS) is 14.8. The summed E-state index contributed by atoms with van der Waals surface area (Å²) in [7, 11) is 0. The lowest BCUT2D eigenvalue weighted by atomic mass is 10.1. The molecule has 1 amide bonds. The second kappa shape index (κ2) is 7.03. The largest absolute Gasteiger partial charge is 0.352 e. The zero-order valence-electron chi connectivity index (χ0n) is 15.1. The van der Waals surface area contributed by atoms with Crippen molar-refractivity contribution in [3.05, 3.63) is 41.5 Å². The van der Waals surface area contributed by atoms with Crippen LogP contribution < -0.4 is 4.90 Å². The van der Waals surface area contributed by atoms with Gasteiger partial charge >= 0.3 is 0 Å². The highest BCUT2D eigenvalue weighted by Gasteiger charge is 2.24. The van der Waals surface area contributed by atoms with E-state index < -0.39 is 0 Å². The Bertz CT molecular complexity index is 930. The fraction of sp³-hybridized carbons (Fsp3) is 0.350. The fourth-order valence-corrected chi connectivity index (χ4v) is 4.46. The number of hydrogen-bond donors (Lipinski definition) is 0. The predicted octanol–water partition coefficient (Wildman–Crippen LogP) is 3.73. The minimum absolute atomic E-state index is 0.231. The molecule has 0 aliphatic carbocycles. The highest BCUT2D eigenvalue weighted by Crippen LogP contribution is 2.38. The van der Waals surface area contributed by atoms with Crippen LogP contribution in [0.15, 0.2) is 35.7 Å². The monoisotopic (exact) mass is 366 g/mol. The lowest BCUT2D eigenvalue weighted by Crippen LogP contribution is -2.49. The van der Waals surface area contributed by atoms with E-state index in [9.17, 15) is 4.79 Å². The molecule has 0 atom stereocenters. The van der Waals surface area contributed by atoms with Gasteiger partial charge < -0.3 is 9.80 Å². The lowest BCUT2D eigenvalue weighted by Gasteiger charge is -2.35. The van der Waals surface area contributed by atoms with Crippen LogP contribution in [0.5, 0.6) is 0 Å². The van der Waals surface area contributed by atoms with Gasteiger partial charge in [-0.1, -0.05) is 37.3 Å². The molecule has 1 aliphatic rings. The molecule has 1 aliphatic heterocycles. The number of piperazine rings is 1. The van der Waals surface area contributed by atoms with Crippen LogP contribution in [0.3, 0.4) is 0 Å². The van der Waals surface area contributed by atoms with Crippen LogP contribution in [0, 0.1) is 6.92 Å². The Labute approximate surface area is 157 Å². The van der Waals surface area contributed by atoms with E-state index in [0.717, 1.165) is 48.0 Å². The number of aromatic nitrogens is 2. The van der Waals surface area contributed by atoms with Gasteiger partial charge in [0, 0.05) is 43.5 Å². The number of aryl methyl sites for hydroxylation is 1. The first kappa shape index (κ1) is 17.0. The number of rotatable bonds is 3. The van der Waals surface area contributed by atoms with Gasteiger partial charge in [0.1, 0.15) is 16.5 Å². The van der Waals surface area contributed by atoms with Gasteiger partial charge in [-0.3, -0.25) is 4.79 Å². The Morgan fingerprint density at radius 1 is 1.12 bits per heavy atom. The van der Waals surface area contributed by atoms with Crippen molar-refractivity contribution >= 4 is 33.3 Å². The molecular weight excluding hydrogens is 344 g/mol. The topological polar surface area (TPSA) is 49.3 Å². The molecule has 0 N–H and O–H groups in total. The van der Waals surface area contributed by atoms with Gasteiger partial charge in [0.15, 0.2) is 0 Å². The Kier molecular flexibility index (Phi) is 4.59. The van der Waals surface area contributed by atoms with Crippen LogP contribution in [0.2, 0.25) is 0 Å². The predicted molar refractivity (Wildman–Crippen MR) is 107 cm³/mol. The van der Waals surface area contributed by atoms with E-state index in [1.165, 1.54) is 11.1 Å². The van der Waals surface area contributed by atoms with E-state index in [0.29, 0.717) is 6.42 Å². The SMILES string of the molecule is CCC(=O)N1CCN(c2nc(C)nc3scc(-c4ccccc4)c23)CC1. The van der Waals surface area contributed by atoms with Crippen LogP contribution >= 0.6 is 11.3 Å². The Hall–Kier alpha value is -2.47. The number of benzene rings is 1. The standard InChI is InChI=1S/C20H22N4OS/c1-3-17(25)23-9-11-24(12-10-23)19-18-16(15-7-5-4-6-8-15)13-26-20(18)22-14(2)21-19/h4-8,13H,3,9-12H2,1-2H3. The van der Waals surface area contributed by atoms with Crippen molar-refractivity contribution in [1.29, 1.82) is 0 Å². The fourth-order valence-electron chi connectivity index (χ4n) is 3.48. The molecule has 3 aromatic rings. The molecule has 0 radical (unpaired) electrons. The quantitative estimate of drug-likeness (QED) is 0.709. The number of carbonyl (C=O) groups is 1. The maximum absolute atomic E-state index is 12.0. The molecule has 26 heavy (non-hydrogen) atoms. The minimum Gasteiger partial charge on any atom is -0.352 e. The number of thiophene rings is 1. The third-order valence-corrected chi connectivity index (χ3v) is 5.72. The molecule has 5 nitrogen and oxygen atoms in total. The van der Waals surface area contributed by atoms with Gasteiger partial charge in [0.05, 0.1) is 5.39 Å². The second-order valence-electron chi connectivity index (χ2n) is 6.51. The van der Waals surface area contributed by atoms with Crippen LogP contribution in [0.4, 0.5) is 5.82 Å². The third-order valence-electron chi connectivity index (χ3n) is 4.85. The van der Waals surface area contributed by atoms with Gasteiger partial charge in [-0.2, -0.15) is 0 Å². The molecule has 1 saturated heterocycles. The van der Waals surface area contributed by atoms with Gasteiger partial charge in [-0.25, -0.2) is 9.97 Å². The molecule has 2 aromatic heterocycles. The van der Waals surface area contributed by atoms with E-state index in [-0.39, 0.29) is 5.91 Å².